The van der Waals surface area contributed by atoms with E-state index < -0.39 is 0 Å². The van der Waals surface area contributed by atoms with Crippen molar-refractivity contribution >= 4 is 11.7 Å². The number of amides is 1. The SMILES string of the molecule is CN(C)c1ccc(CCNC(=O)c2ccc3c(c2)C(CN)CCC3)cn1. The first kappa shape index (κ1) is 18.4. The molecule has 1 unspecified atom stereocenters. The highest BCUT2D eigenvalue weighted by Crippen LogP contribution is 2.31. The molecule has 0 fully saturated rings. The molecule has 1 aromatic heterocycles. The van der Waals surface area contributed by atoms with E-state index >= 15 is 0 Å². The summed E-state index contributed by atoms with van der Waals surface area (Å²) in [6, 6.07) is 10.1. The summed E-state index contributed by atoms with van der Waals surface area (Å²) in [5.41, 5.74) is 10.4. The van der Waals surface area contributed by atoms with Crippen LogP contribution in [0.25, 0.3) is 0 Å². The second-order valence-electron chi connectivity index (χ2n) is 7.16. The summed E-state index contributed by atoms with van der Waals surface area (Å²) in [6.07, 6.45) is 6.02. The Morgan fingerprint density at radius 1 is 1.31 bits per heavy atom. The maximum atomic E-state index is 12.5. The van der Waals surface area contributed by atoms with Crippen LogP contribution in [0.1, 0.15) is 45.8 Å². The Labute approximate surface area is 155 Å². The van der Waals surface area contributed by atoms with Crippen LogP contribution in [0.15, 0.2) is 36.5 Å². The molecule has 0 radical (unpaired) electrons. The van der Waals surface area contributed by atoms with Crippen LogP contribution in [-0.2, 0) is 12.8 Å². The van der Waals surface area contributed by atoms with Crippen LogP contribution in [0.4, 0.5) is 5.82 Å². The lowest BCUT2D eigenvalue weighted by molar-refractivity contribution is 0.0954. The molecule has 2 aromatic rings. The van der Waals surface area contributed by atoms with Gasteiger partial charge in [-0.05, 0) is 73.0 Å². The summed E-state index contributed by atoms with van der Waals surface area (Å²) in [6.45, 7) is 1.24. The van der Waals surface area contributed by atoms with E-state index in [1.807, 2.05) is 43.4 Å². The third-order valence-electron chi connectivity index (χ3n) is 5.10. The highest BCUT2D eigenvalue weighted by molar-refractivity contribution is 5.94. The average Bonchev–Trinajstić information content (AvgIpc) is 2.67. The summed E-state index contributed by atoms with van der Waals surface area (Å²) >= 11 is 0. The largest absolute Gasteiger partial charge is 0.363 e. The van der Waals surface area contributed by atoms with E-state index in [0.717, 1.165) is 36.2 Å². The molecule has 1 atom stereocenters. The Morgan fingerprint density at radius 3 is 2.85 bits per heavy atom. The summed E-state index contributed by atoms with van der Waals surface area (Å²) in [4.78, 5) is 18.9. The number of nitrogens with one attached hydrogen (secondary N) is 1. The predicted molar refractivity (Wildman–Crippen MR) is 106 cm³/mol. The van der Waals surface area contributed by atoms with Gasteiger partial charge >= 0.3 is 0 Å². The minimum atomic E-state index is -0.0213. The number of nitrogens with zero attached hydrogens (tertiary/aromatic N) is 2. The maximum Gasteiger partial charge on any atom is 0.251 e. The van der Waals surface area contributed by atoms with Crippen molar-refractivity contribution < 1.29 is 4.79 Å². The Kier molecular flexibility index (Phi) is 5.89. The Bertz CT molecular complexity index is 755. The molecule has 1 aliphatic carbocycles. The number of hydrogen-bond acceptors (Lipinski definition) is 4. The van der Waals surface area contributed by atoms with E-state index in [9.17, 15) is 4.79 Å². The number of fused-ring (bicyclic) bond motifs is 1. The van der Waals surface area contributed by atoms with Crippen molar-refractivity contribution in [2.24, 2.45) is 5.73 Å². The fourth-order valence-corrected chi connectivity index (χ4v) is 3.53. The van der Waals surface area contributed by atoms with Gasteiger partial charge in [-0.25, -0.2) is 4.98 Å². The summed E-state index contributed by atoms with van der Waals surface area (Å²) in [7, 11) is 3.94. The molecule has 0 spiro atoms. The van der Waals surface area contributed by atoms with Crippen molar-refractivity contribution in [2.45, 2.75) is 31.6 Å². The molecule has 5 nitrogen and oxygen atoms in total. The second kappa shape index (κ2) is 8.32. The van der Waals surface area contributed by atoms with Crippen LogP contribution < -0.4 is 16.0 Å². The lowest BCUT2D eigenvalue weighted by Gasteiger charge is -2.24. The smallest absolute Gasteiger partial charge is 0.251 e. The normalized spacial score (nSPS) is 16.0. The first-order chi connectivity index (χ1) is 12.6. The van der Waals surface area contributed by atoms with E-state index in [0.29, 0.717) is 19.0 Å². The van der Waals surface area contributed by atoms with Gasteiger partial charge in [0, 0.05) is 32.4 Å². The molecule has 0 aliphatic heterocycles. The molecular formula is C21H28N4O. The van der Waals surface area contributed by atoms with Gasteiger partial charge in [-0.1, -0.05) is 12.1 Å². The van der Waals surface area contributed by atoms with Crippen LogP contribution in [0.2, 0.25) is 0 Å². The Balaban J connectivity index is 1.58. The van der Waals surface area contributed by atoms with E-state index in [1.54, 1.807) is 0 Å². The van der Waals surface area contributed by atoms with Gasteiger partial charge in [-0.3, -0.25) is 4.79 Å². The Morgan fingerprint density at radius 2 is 2.15 bits per heavy atom. The highest BCUT2D eigenvalue weighted by atomic mass is 16.1. The van der Waals surface area contributed by atoms with Gasteiger partial charge in [0.2, 0.25) is 0 Å². The summed E-state index contributed by atoms with van der Waals surface area (Å²) in [5, 5.41) is 3.02. The third kappa shape index (κ3) is 4.22. The molecule has 0 saturated carbocycles. The lowest BCUT2D eigenvalue weighted by Crippen LogP contribution is -2.26. The van der Waals surface area contributed by atoms with E-state index in [1.165, 1.54) is 17.5 Å². The van der Waals surface area contributed by atoms with Gasteiger partial charge in [-0.15, -0.1) is 0 Å². The maximum absolute atomic E-state index is 12.5. The highest BCUT2D eigenvalue weighted by Gasteiger charge is 2.20. The fourth-order valence-electron chi connectivity index (χ4n) is 3.53. The topological polar surface area (TPSA) is 71.2 Å². The number of carbonyl (C=O) groups is 1. The number of benzene rings is 1. The molecule has 1 aliphatic rings. The van der Waals surface area contributed by atoms with E-state index in [4.69, 9.17) is 5.73 Å². The average molecular weight is 352 g/mol. The molecule has 1 amide bonds. The van der Waals surface area contributed by atoms with Crippen LogP contribution in [0.3, 0.4) is 0 Å². The minimum Gasteiger partial charge on any atom is -0.363 e. The zero-order valence-electron chi connectivity index (χ0n) is 15.7. The number of aromatic nitrogens is 1. The number of nitrogens with two attached hydrogens (primary N) is 1. The number of anilines is 1. The quantitative estimate of drug-likeness (QED) is 0.838. The molecule has 5 heteroatoms. The van der Waals surface area contributed by atoms with Gasteiger partial charge in [0.1, 0.15) is 5.82 Å². The standard InChI is InChI=1S/C21H28N4O/c1-25(2)20-9-6-15(14-24-20)10-11-23-21(26)17-8-7-16-4-3-5-18(13-22)19(16)12-17/h6-9,12,14,18H,3-5,10-11,13,22H2,1-2H3,(H,23,26). The third-order valence-corrected chi connectivity index (χ3v) is 5.10. The van der Waals surface area contributed by atoms with Crippen LogP contribution in [0.5, 0.6) is 0 Å². The molecule has 0 bridgehead atoms. The van der Waals surface area contributed by atoms with Crippen molar-refractivity contribution in [3.8, 4) is 0 Å². The van der Waals surface area contributed by atoms with Gasteiger partial charge in [0.25, 0.3) is 5.91 Å². The molecule has 0 saturated heterocycles. The first-order valence-electron chi connectivity index (χ1n) is 9.32. The molecule has 26 heavy (non-hydrogen) atoms. The van der Waals surface area contributed by atoms with Gasteiger partial charge in [0.15, 0.2) is 0 Å². The number of aryl methyl sites for hydroxylation is 1. The Hall–Kier alpha value is -2.40. The van der Waals surface area contributed by atoms with Crippen molar-refractivity contribution in [3.05, 3.63) is 58.8 Å². The molecule has 138 valence electrons. The first-order valence-corrected chi connectivity index (χ1v) is 9.32. The minimum absolute atomic E-state index is 0.0213. The number of hydrogen-bond donors (Lipinski definition) is 2. The molecule has 3 rings (SSSR count). The van der Waals surface area contributed by atoms with Crippen LogP contribution in [0, 0.1) is 0 Å². The summed E-state index contributed by atoms with van der Waals surface area (Å²) < 4.78 is 0. The van der Waals surface area contributed by atoms with Crippen molar-refractivity contribution in [3.63, 3.8) is 0 Å². The van der Waals surface area contributed by atoms with E-state index in [-0.39, 0.29) is 5.91 Å². The van der Waals surface area contributed by atoms with Gasteiger partial charge in [0.05, 0.1) is 0 Å². The molecule has 1 aromatic carbocycles. The van der Waals surface area contributed by atoms with Crippen LogP contribution >= 0.6 is 0 Å². The predicted octanol–water partition coefficient (Wildman–Crippen LogP) is 2.50. The second-order valence-corrected chi connectivity index (χ2v) is 7.16. The number of carbonyl (C=O) groups excluding carboxylic acids is 1. The monoisotopic (exact) mass is 352 g/mol. The van der Waals surface area contributed by atoms with E-state index in [2.05, 4.69) is 22.4 Å². The number of rotatable bonds is 6. The van der Waals surface area contributed by atoms with Gasteiger partial charge < -0.3 is 16.0 Å². The molecular weight excluding hydrogens is 324 g/mol. The van der Waals surface area contributed by atoms with Gasteiger partial charge in [-0.2, -0.15) is 0 Å². The lowest BCUT2D eigenvalue weighted by atomic mass is 9.82. The molecule has 1 heterocycles. The van der Waals surface area contributed by atoms with Crippen molar-refractivity contribution in [2.75, 3.05) is 32.1 Å². The van der Waals surface area contributed by atoms with Crippen LogP contribution in [-0.4, -0.2) is 38.1 Å². The zero-order valence-corrected chi connectivity index (χ0v) is 15.7. The number of pyridine rings is 1. The fraction of sp³-hybridized carbons (Fsp3) is 0.429. The zero-order chi connectivity index (χ0) is 18.5. The summed E-state index contributed by atoms with van der Waals surface area (Å²) in [5.74, 6) is 1.29. The van der Waals surface area contributed by atoms with Crippen molar-refractivity contribution in [1.82, 2.24) is 10.3 Å². The van der Waals surface area contributed by atoms with Crippen molar-refractivity contribution in [1.29, 1.82) is 0 Å². The molecule has 3 N–H and O–H groups in total.